The van der Waals surface area contributed by atoms with Crippen LogP contribution in [0.2, 0.25) is 0 Å². The van der Waals surface area contributed by atoms with Gasteiger partial charge in [-0.05, 0) is 27.7 Å². The molecule has 1 N–H and O–H groups in total. The summed E-state index contributed by atoms with van der Waals surface area (Å²) in [6, 6.07) is 2.10. The van der Waals surface area contributed by atoms with Crippen molar-refractivity contribution in [2.24, 2.45) is 0 Å². The molecule has 0 aliphatic carbocycles. The number of aryl methyl sites for hydroxylation is 2. The van der Waals surface area contributed by atoms with E-state index in [0.29, 0.717) is 22.8 Å². The maximum atomic E-state index is 13.7. The Kier molecular flexibility index (Phi) is 3.39. The van der Waals surface area contributed by atoms with Gasteiger partial charge in [-0.2, -0.15) is 0 Å². The summed E-state index contributed by atoms with van der Waals surface area (Å²) in [4.78, 5) is 14.2. The number of hydrogen-bond donors (Lipinski definition) is 1. The van der Waals surface area contributed by atoms with Crippen molar-refractivity contribution in [1.82, 2.24) is 5.16 Å². The molecule has 1 aromatic heterocycles. The summed E-state index contributed by atoms with van der Waals surface area (Å²) in [7, 11) is 0. The Morgan fingerprint density at radius 1 is 1.26 bits per heavy atom. The molecule has 0 saturated heterocycles. The molecule has 7 heteroatoms. The highest BCUT2D eigenvalue weighted by Gasteiger charge is 2.39. The summed E-state index contributed by atoms with van der Waals surface area (Å²) >= 11 is 0. The first-order valence-corrected chi connectivity index (χ1v) is 7.21. The number of aromatic nitrogens is 1. The van der Waals surface area contributed by atoms with Crippen LogP contribution in [0.1, 0.15) is 30.9 Å². The fraction of sp³-hybridized carbons (Fsp3) is 0.375. The number of nitrogens with one attached hydrogen (secondary N) is 1. The van der Waals surface area contributed by atoms with Crippen molar-refractivity contribution in [1.29, 1.82) is 0 Å². The van der Waals surface area contributed by atoms with Gasteiger partial charge in [0, 0.05) is 17.7 Å². The van der Waals surface area contributed by atoms with Gasteiger partial charge in [0.25, 0.3) is 5.91 Å². The fourth-order valence-electron chi connectivity index (χ4n) is 2.74. The maximum absolute atomic E-state index is 13.7. The van der Waals surface area contributed by atoms with Crippen LogP contribution >= 0.6 is 0 Å². The molecule has 2 aromatic rings. The second-order valence-corrected chi connectivity index (χ2v) is 6.23. The molecule has 0 atom stereocenters. The van der Waals surface area contributed by atoms with Crippen molar-refractivity contribution in [2.45, 2.75) is 39.8 Å². The minimum atomic E-state index is -0.998. The number of amides is 1. The van der Waals surface area contributed by atoms with E-state index in [0.717, 1.165) is 17.7 Å². The predicted octanol–water partition coefficient (Wildman–Crippen LogP) is 3.31. The Morgan fingerprint density at radius 2 is 1.91 bits per heavy atom. The molecular formula is C16H17F2N3O2. The molecule has 0 bridgehead atoms. The molecule has 1 aromatic carbocycles. The minimum absolute atomic E-state index is 0.184. The van der Waals surface area contributed by atoms with Gasteiger partial charge in [0.15, 0.2) is 11.6 Å². The number of hydrogen-bond acceptors (Lipinski definition) is 4. The van der Waals surface area contributed by atoms with Gasteiger partial charge in [-0.15, -0.1) is 0 Å². The van der Waals surface area contributed by atoms with Crippen molar-refractivity contribution in [3.63, 3.8) is 0 Å². The fourth-order valence-corrected chi connectivity index (χ4v) is 2.74. The third-order valence-corrected chi connectivity index (χ3v) is 4.05. The molecule has 23 heavy (non-hydrogen) atoms. The van der Waals surface area contributed by atoms with E-state index in [-0.39, 0.29) is 12.5 Å². The monoisotopic (exact) mass is 321 g/mol. The second kappa shape index (κ2) is 5.04. The van der Waals surface area contributed by atoms with Crippen molar-refractivity contribution < 1.29 is 18.1 Å². The molecule has 3 rings (SSSR count). The van der Waals surface area contributed by atoms with Crippen LogP contribution in [-0.4, -0.2) is 16.6 Å². The van der Waals surface area contributed by atoms with E-state index in [1.54, 1.807) is 27.7 Å². The second-order valence-electron chi connectivity index (χ2n) is 6.23. The average molecular weight is 321 g/mol. The van der Waals surface area contributed by atoms with E-state index < -0.39 is 17.2 Å². The highest BCUT2D eigenvalue weighted by atomic mass is 19.2. The molecule has 1 aliphatic rings. The Bertz CT molecular complexity index is 779. The number of fused-ring (bicyclic) bond motifs is 1. The number of nitrogens with zero attached hydrogens (tertiary/aromatic N) is 2. The van der Waals surface area contributed by atoms with E-state index in [9.17, 15) is 13.6 Å². The summed E-state index contributed by atoms with van der Waals surface area (Å²) in [6.45, 7) is 7.10. The van der Waals surface area contributed by atoms with Crippen LogP contribution in [0.4, 0.5) is 20.2 Å². The number of benzene rings is 1. The first kappa shape index (κ1) is 15.5. The van der Waals surface area contributed by atoms with E-state index in [1.165, 1.54) is 4.90 Å². The van der Waals surface area contributed by atoms with E-state index >= 15 is 0 Å². The lowest BCUT2D eigenvalue weighted by atomic mass is 9.97. The quantitative estimate of drug-likeness (QED) is 0.922. The van der Waals surface area contributed by atoms with Crippen molar-refractivity contribution in [3.05, 3.63) is 40.8 Å². The number of halogens is 2. The zero-order chi connectivity index (χ0) is 16.9. The molecular weight excluding hydrogens is 304 g/mol. The summed E-state index contributed by atoms with van der Waals surface area (Å²) in [5.41, 5.74) is 1.16. The predicted molar refractivity (Wildman–Crippen MR) is 81.2 cm³/mol. The Morgan fingerprint density at radius 3 is 2.52 bits per heavy atom. The van der Waals surface area contributed by atoms with Crippen LogP contribution in [-0.2, 0) is 11.3 Å². The van der Waals surface area contributed by atoms with Crippen LogP contribution in [0.25, 0.3) is 0 Å². The molecule has 0 spiro atoms. The van der Waals surface area contributed by atoms with Crippen molar-refractivity contribution in [3.8, 4) is 0 Å². The minimum Gasteiger partial charge on any atom is -0.370 e. The molecule has 1 aliphatic heterocycles. The average Bonchev–Trinajstić information content (AvgIpc) is 2.77. The van der Waals surface area contributed by atoms with E-state index in [2.05, 4.69) is 10.5 Å². The van der Waals surface area contributed by atoms with Gasteiger partial charge in [-0.25, -0.2) is 8.78 Å². The van der Waals surface area contributed by atoms with E-state index in [1.807, 2.05) is 0 Å². The normalized spacial score (nSPS) is 16.3. The summed E-state index contributed by atoms with van der Waals surface area (Å²) < 4.78 is 32.3. The summed E-state index contributed by atoms with van der Waals surface area (Å²) in [5, 5.41) is 6.82. The molecule has 0 fully saturated rings. The highest BCUT2D eigenvalue weighted by Crippen LogP contribution is 2.38. The van der Waals surface area contributed by atoms with E-state index in [4.69, 9.17) is 4.52 Å². The summed E-state index contributed by atoms with van der Waals surface area (Å²) in [5.74, 6) is -1.60. The molecule has 5 nitrogen and oxygen atoms in total. The van der Waals surface area contributed by atoms with Gasteiger partial charge in [0.2, 0.25) is 0 Å². The lowest BCUT2D eigenvalue weighted by Gasteiger charge is -2.40. The lowest BCUT2D eigenvalue weighted by Crippen LogP contribution is -2.53. The number of carbonyl (C=O) groups excluding carboxylic acids is 1. The number of carbonyl (C=O) groups is 1. The van der Waals surface area contributed by atoms with Gasteiger partial charge in [-0.3, -0.25) is 4.79 Å². The lowest BCUT2D eigenvalue weighted by molar-refractivity contribution is -0.122. The van der Waals surface area contributed by atoms with Crippen molar-refractivity contribution in [2.75, 3.05) is 10.2 Å². The molecule has 2 heterocycles. The first-order valence-electron chi connectivity index (χ1n) is 7.21. The number of rotatable bonds is 2. The number of anilines is 2. The van der Waals surface area contributed by atoms with Crippen LogP contribution in [0.3, 0.4) is 0 Å². The zero-order valence-electron chi connectivity index (χ0n) is 13.3. The molecule has 0 unspecified atom stereocenters. The van der Waals surface area contributed by atoms with Crippen LogP contribution in [0, 0.1) is 25.5 Å². The Balaban J connectivity index is 2.11. The molecule has 122 valence electrons. The van der Waals surface area contributed by atoms with Gasteiger partial charge in [0.1, 0.15) is 11.3 Å². The zero-order valence-corrected chi connectivity index (χ0v) is 13.3. The van der Waals surface area contributed by atoms with Gasteiger partial charge >= 0.3 is 0 Å². The SMILES string of the molecule is Cc1noc(C)c1CN1C(=O)C(C)(C)Nc2cc(F)c(F)cc21. The summed E-state index contributed by atoms with van der Waals surface area (Å²) in [6.07, 6.45) is 0. The first-order chi connectivity index (χ1) is 10.7. The van der Waals surface area contributed by atoms with Gasteiger partial charge < -0.3 is 14.7 Å². The molecule has 0 saturated carbocycles. The smallest absolute Gasteiger partial charge is 0.252 e. The largest absolute Gasteiger partial charge is 0.370 e. The third-order valence-electron chi connectivity index (χ3n) is 4.05. The topological polar surface area (TPSA) is 58.4 Å². The van der Waals surface area contributed by atoms with Crippen molar-refractivity contribution >= 4 is 17.3 Å². The maximum Gasteiger partial charge on any atom is 0.252 e. The Labute approximate surface area is 132 Å². The highest BCUT2D eigenvalue weighted by molar-refractivity contribution is 6.07. The standard InChI is InChI=1S/C16H17F2N3O2/c1-8-10(9(2)23-20-8)7-21-14-6-12(18)11(17)5-13(14)19-16(3,4)15(21)22/h5-6,19H,7H2,1-4H3. The van der Waals surface area contributed by atoms with Gasteiger partial charge in [0.05, 0.1) is 23.6 Å². The van der Waals surface area contributed by atoms with Crippen LogP contribution in [0.5, 0.6) is 0 Å². The van der Waals surface area contributed by atoms with Crippen LogP contribution < -0.4 is 10.2 Å². The molecule has 1 amide bonds. The Hall–Kier alpha value is -2.44. The van der Waals surface area contributed by atoms with Crippen LogP contribution in [0.15, 0.2) is 16.7 Å². The third kappa shape index (κ3) is 2.46. The molecule has 0 radical (unpaired) electrons. The van der Waals surface area contributed by atoms with Gasteiger partial charge in [-0.1, -0.05) is 5.16 Å².